The van der Waals surface area contributed by atoms with Crippen molar-refractivity contribution < 1.29 is 5.11 Å². The van der Waals surface area contributed by atoms with Crippen molar-refractivity contribution in [3.05, 3.63) is 0 Å². The third-order valence-electron chi connectivity index (χ3n) is 2.79. The van der Waals surface area contributed by atoms with Crippen LogP contribution in [0, 0.1) is 5.92 Å². The third-order valence-corrected chi connectivity index (χ3v) is 2.79. The lowest BCUT2D eigenvalue weighted by Gasteiger charge is -2.32. The second-order valence-corrected chi connectivity index (χ2v) is 4.52. The number of nitrogens with zero attached hydrogens (tertiary/aromatic N) is 1. The van der Waals surface area contributed by atoms with Crippen LogP contribution in [0.4, 0.5) is 0 Å². The Labute approximate surface area is 75.6 Å². The maximum atomic E-state index is 9.78. The molecule has 0 aliphatic carbocycles. The molecule has 1 N–H and O–H groups in total. The lowest BCUT2D eigenvalue weighted by molar-refractivity contribution is -0.0766. The first-order chi connectivity index (χ1) is 5.50. The maximum absolute atomic E-state index is 9.78. The minimum Gasteiger partial charge on any atom is -0.376 e. The van der Waals surface area contributed by atoms with Crippen LogP contribution in [0.1, 0.15) is 40.0 Å². The van der Waals surface area contributed by atoms with Gasteiger partial charge in [-0.1, -0.05) is 6.92 Å². The molecule has 1 aliphatic rings. The van der Waals surface area contributed by atoms with Gasteiger partial charge >= 0.3 is 0 Å². The van der Waals surface area contributed by atoms with Crippen molar-refractivity contribution in [3.63, 3.8) is 0 Å². The van der Waals surface area contributed by atoms with Crippen LogP contribution in [0.5, 0.6) is 0 Å². The molecule has 0 aromatic heterocycles. The highest BCUT2D eigenvalue weighted by Crippen LogP contribution is 2.21. The van der Waals surface area contributed by atoms with E-state index < -0.39 is 5.72 Å². The van der Waals surface area contributed by atoms with Crippen LogP contribution in [0.2, 0.25) is 0 Å². The Morgan fingerprint density at radius 1 is 1.25 bits per heavy atom. The number of aliphatic hydroxyl groups is 1. The molecule has 1 aliphatic heterocycles. The normalized spacial score (nSPS) is 28.5. The molecule has 1 heterocycles. The van der Waals surface area contributed by atoms with Gasteiger partial charge in [-0.05, 0) is 39.0 Å². The average Bonchev–Trinajstić information content (AvgIpc) is 2.11. The molecular weight excluding hydrogens is 150 g/mol. The molecule has 1 fully saturated rings. The quantitative estimate of drug-likeness (QED) is 0.650. The first kappa shape index (κ1) is 10.0. The molecule has 0 amide bonds. The highest BCUT2D eigenvalue weighted by molar-refractivity contribution is 4.74. The van der Waals surface area contributed by atoms with Crippen LogP contribution < -0.4 is 0 Å². The first-order valence-electron chi connectivity index (χ1n) is 4.97. The Hall–Kier alpha value is -0.0800. The smallest absolute Gasteiger partial charge is 0.112 e. The Morgan fingerprint density at radius 2 is 1.92 bits per heavy atom. The minimum absolute atomic E-state index is 0.621. The SMILES string of the molecule is CC1CCCN(C(C)(C)O)CC1. The van der Waals surface area contributed by atoms with Gasteiger partial charge in [-0.25, -0.2) is 0 Å². The zero-order valence-electron chi connectivity index (χ0n) is 8.51. The second-order valence-electron chi connectivity index (χ2n) is 4.52. The highest BCUT2D eigenvalue weighted by Gasteiger charge is 2.25. The molecule has 0 saturated carbocycles. The van der Waals surface area contributed by atoms with Crippen LogP contribution in [0.3, 0.4) is 0 Å². The van der Waals surface area contributed by atoms with E-state index in [0.29, 0.717) is 0 Å². The van der Waals surface area contributed by atoms with E-state index in [-0.39, 0.29) is 0 Å². The number of likely N-dealkylation sites (tertiary alicyclic amines) is 1. The van der Waals surface area contributed by atoms with Gasteiger partial charge in [-0.3, -0.25) is 4.90 Å². The van der Waals surface area contributed by atoms with Crippen molar-refractivity contribution in [1.29, 1.82) is 0 Å². The van der Waals surface area contributed by atoms with Crippen molar-refractivity contribution in [2.45, 2.75) is 45.8 Å². The van der Waals surface area contributed by atoms with Gasteiger partial charge in [0.05, 0.1) is 0 Å². The molecule has 1 rings (SSSR count). The van der Waals surface area contributed by atoms with Gasteiger partial charge in [0.2, 0.25) is 0 Å². The van der Waals surface area contributed by atoms with E-state index in [1.54, 1.807) is 0 Å². The molecule has 0 radical (unpaired) electrons. The number of rotatable bonds is 1. The molecule has 12 heavy (non-hydrogen) atoms. The van der Waals surface area contributed by atoms with Crippen molar-refractivity contribution in [2.75, 3.05) is 13.1 Å². The summed E-state index contributed by atoms with van der Waals surface area (Å²) in [6.07, 6.45) is 3.77. The Kier molecular flexibility index (Phi) is 3.13. The molecule has 1 unspecified atom stereocenters. The van der Waals surface area contributed by atoms with Gasteiger partial charge in [0.15, 0.2) is 0 Å². The van der Waals surface area contributed by atoms with Crippen molar-refractivity contribution in [3.8, 4) is 0 Å². The summed E-state index contributed by atoms with van der Waals surface area (Å²) in [5.74, 6) is 0.831. The van der Waals surface area contributed by atoms with Crippen LogP contribution in [-0.4, -0.2) is 28.8 Å². The van der Waals surface area contributed by atoms with E-state index in [1.807, 2.05) is 13.8 Å². The summed E-state index contributed by atoms with van der Waals surface area (Å²) < 4.78 is 0. The fourth-order valence-corrected chi connectivity index (χ4v) is 1.81. The summed E-state index contributed by atoms with van der Waals surface area (Å²) in [7, 11) is 0. The van der Waals surface area contributed by atoms with Crippen molar-refractivity contribution in [1.82, 2.24) is 4.90 Å². The fraction of sp³-hybridized carbons (Fsp3) is 1.00. The molecule has 2 heteroatoms. The van der Waals surface area contributed by atoms with Crippen LogP contribution >= 0.6 is 0 Å². The van der Waals surface area contributed by atoms with Crippen LogP contribution in [-0.2, 0) is 0 Å². The molecule has 0 aromatic rings. The molecule has 0 spiro atoms. The fourth-order valence-electron chi connectivity index (χ4n) is 1.81. The summed E-state index contributed by atoms with van der Waals surface area (Å²) in [6, 6.07) is 0. The van der Waals surface area contributed by atoms with E-state index in [1.165, 1.54) is 19.3 Å². The van der Waals surface area contributed by atoms with Gasteiger partial charge in [0.1, 0.15) is 5.72 Å². The van der Waals surface area contributed by atoms with E-state index in [2.05, 4.69) is 11.8 Å². The van der Waals surface area contributed by atoms with Crippen LogP contribution in [0.15, 0.2) is 0 Å². The van der Waals surface area contributed by atoms with E-state index in [9.17, 15) is 5.11 Å². The first-order valence-corrected chi connectivity index (χ1v) is 4.97. The predicted molar refractivity (Wildman–Crippen MR) is 50.9 cm³/mol. The zero-order chi connectivity index (χ0) is 9.19. The monoisotopic (exact) mass is 171 g/mol. The molecule has 1 atom stereocenters. The van der Waals surface area contributed by atoms with Gasteiger partial charge in [0, 0.05) is 13.1 Å². The topological polar surface area (TPSA) is 23.5 Å². The highest BCUT2D eigenvalue weighted by atomic mass is 16.3. The van der Waals surface area contributed by atoms with E-state index in [0.717, 1.165) is 19.0 Å². The summed E-state index contributed by atoms with van der Waals surface area (Å²) in [6.45, 7) is 8.15. The number of hydrogen-bond donors (Lipinski definition) is 1. The summed E-state index contributed by atoms with van der Waals surface area (Å²) in [4.78, 5) is 2.18. The summed E-state index contributed by atoms with van der Waals surface area (Å²) >= 11 is 0. The largest absolute Gasteiger partial charge is 0.376 e. The van der Waals surface area contributed by atoms with Gasteiger partial charge in [-0.2, -0.15) is 0 Å². The zero-order valence-corrected chi connectivity index (χ0v) is 8.51. The van der Waals surface area contributed by atoms with Crippen molar-refractivity contribution >= 4 is 0 Å². The van der Waals surface area contributed by atoms with Gasteiger partial charge in [0.25, 0.3) is 0 Å². The molecule has 2 nitrogen and oxygen atoms in total. The van der Waals surface area contributed by atoms with Crippen molar-refractivity contribution in [2.24, 2.45) is 5.92 Å². The van der Waals surface area contributed by atoms with Crippen LogP contribution in [0.25, 0.3) is 0 Å². The van der Waals surface area contributed by atoms with Gasteiger partial charge in [-0.15, -0.1) is 0 Å². The Balaban J connectivity index is 2.46. The van der Waals surface area contributed by atoms with E-state index in [4.69, 9.17) is 0 Å². The summed E-state index contributed by atoms with van der Waals surface area (Å²) in [5, 5.41) is 9.78. The average molecular weight is 171 g/mol. The maximum Gasteiger partial charge on any atom is 0.112 e. The standard InChI is InChI=1S/C10H21NO/c1-9-5-4-7-11(8-6-9)10(2,3)12/h9,12H,4-8H2,1-3H3. The predicted octanol–water partition coefficient (Wildman–Crippen LogP) is 1.84. The molecule has 1 saturated heterocycles. The van der Waals surface area contributed by atoms with Gasteiger partial charge < -0.3 is 5.11 Å². The third kappa shape index (κ3) is 2.76. The molecule has 72 valence electrons. The lowest BCUT2D eigenvalue weighted by atomic mass is 10.0. The minimum atomic E-state index is -0.621. The van der Waals surface area contributed by atoms with E-state index >= 15 is 0 Å². The molecule has 0 aromatic carbocycles. The molecular formula is C10H21NO. The Bertz CT molecular complexity index is 139. The second kappa shape index (κ2) is 3.75. The number of hydrogen-bond acceptors (Lipinski definition) is 2. The summed E-state index contributed by atoms with van der Waals surface area (Å²) in [5.41, 5.74) is -0.621. The lowest BCUT2D eigenvalue weighted by Crippen LogP contribution is -2.44. The molecule has 0 bridgehead atoms. The Morgan fingerprint density at radius 3 is 2.50 bits per heavy atom.